The van der Waals surface area contributed by atoms with E-state index in [1.54, 1.807) is 18.2 Å². The molecule has 3 rings (SSSR count). The number of H-pyrrole nitrogens is 1. The number of thioether (sulfide) groups is 1. The van der Waals surface area contributed by atoms with Crippen LogP contribution in [0.4, 0.5) is 0 Å². The number of benzene rings is 2. The number of aromatic amines is 1. The summed E-state index contributed by atoms with van der Waals surface area (Å²) in [7, 11) is 1.42. The minimum Gasteiger partial charge on any atom is -0.503 e. The number of nitriles is 2. The Morgan fingerprint density at radius 3 is 2.80 bits per heavy atom. The molecule has 2 aromatic carbocycles. The van der Waals surface area contributed by atoms with Gasteiger partial charge in [-0.3, -0.25) is 0 Å². The molecule has 0 aliphatic heterocycles. The number of para-hydroxylation sites is 2. The third-order valence-electron chi connectivity index (χ3n) is 3.51. The van der Waals surface area contributed by atoms with Gasteiger partial charge in [0.25, 0.3) is 0 Å². The Hall–Kier alpha value is -3.42. The van der Waals surface area contributed by atoms with Crippen LogP contribution in [0.1, 0.15) is 11.4 Å². The lowest BCUT2D eigenvalue weighted by molar-refractivity contribution is 0.367. The normalized spacial score (nSPS) is 11.1. The van der Waals surface area contributed by atoms with Gasteiger partial charge in [0, 0.05) is 0 Å². The summed E-state index contributed by atoms with van der Waals surface area (Å²) in [6, 6.07) is 12.8. The van der Waals surface area contributed by atoms with Gasteiger partial charge < -0.3 is 14.8 Å². The molecule has 0 aliphatic carbocycles. The molecule has 0 radical (unpaired) electrons. The zero-order valence-electron chi connectivity index (χ0n) is 13.1. The molecule has 0 fully saturated rings. The summed E-state index contributed by atoms with van der Waals surface area (Å²) in [5.41, 5.74) is 2.55. The number of phenols is 1. The molecular formula is C18H12N4O2S. The van der Waals surface area contributed by atoms with Crippen molar-refractivity contribution in [3.05, 3.63) is 47.8 Å². The molecular weight excluding hydrogens is 336 g/mol. The van der Waals surface area contributed by atoms with Crippen molar-refractivity contribution in [1.82, 2.24) is 9.97 Å². The van der Waals surface area contributed by atoms with E-state index < -0.39 is 0 Å². The van der Waals surface area contributed by atoms with E-state index in [1.165, 1.54) is 7.11 Å². The van der Waals surface area contributed by atoms with Crippen LogP contribution >= 0.6 is 11.8 Å². The van der Waals surface area contributed by atoms with Gasteiger partial charge >= 0.3 is 0 Å². The number of fused-ring (bicyclic) bond motifs is 1. The molecule has 2 N–H and O–H groups in total. The molecule has 0 bridgehead atoms. The van der Waals surface area contributed by atoms with Crippen LogP contribution in [-0.2, 0) is 0 Å². The summed E-state index contributed by atoms with van der Waals surface area (Å²) in [4.78, 5) is 7.88. The molecule has 25 heavy (non-hydrogen) atoms. The highest BCUT2D eigenvalue weighted by Gasteiger charge is 2.13. The first-order valence-corrected chi connectivity index (χ1v) is 8.01. The number of imidazole rings is 1. The predicted octanol–water partition coefficient (Wildman–Crippen LogP) is 3.91. The first-order chi connectivity index (χ1) is 12.2. The molecule has 0 unspecified atom stereocenters. The van der Waals surface area contributed by atoms with Crippen LogP contribution < -0.4 is 4.74 Å². The van der Waals surface area contributed by atoms with Crippen molar-refractivity contribution in [2.75, 3.05) is 7.11 Å². The third kappa shape index (κ3) is 3.27. The van der Waals surface area contributed by atoms with Gasteiger partial charge in [-0.05, 0) is 47.7 Å². The van der Waals surface area contributed by atoms with Crippen LogP contribution in [0.25, 0.3) is 22.7 Å². The molecule has 6 nitrogen and oxygen atoms in total. The molecule has 3 aromatic rings. The second-order valence-electron chi connectivity index (χ2n) is 5.04. The zero-order chi connectivity index (χ0) is 17.8. The fraction of sp³-hybridized carbons (Fsp3) is 0.0556. The van der Waals surface area contributed by atoms with Crippen LogP contribution in [0.15, 0.2) is 41.3 Å². The fourth-order valence-corrected chi connectivity index (χ4v) is 2.86. The molecule has 0 saturated heterocycles. The van der Waals surface area contributed by atoms with E-state index in [2.05, 4.69) is 16.0 Å². The second kappa shape index (κ2) is 7.00. The van der Waals surface area contributed by atoms with E-state index in [-0.39, 0.29) is 11.5 Å². The average molecular weight is 348 g/mol. The quantitative estimate of drug-likeness (QED) is 0.420. The zero-order valence-corrected chi connectivity index (χ0v) is 14.0. The second-order valence-corrected chi connectivity index (χ2v) is 5.86. The van der Waals surface area contributed by atoms with Gasteiger partial charge in [0.15, 0.2) is 11.5 Å². The van der Waals surface area contributed by atoms with Crippen molar-refractivity contribution in [3.63, 3.8) is 0 Å². The number of aromatic nitrogens is 2. The first-order valence-electron chi connectivity index (χ1n) is 7.20. The Bertz CT molecular complexity index is 1020. The van der Waals surface area contributed by atoms with Crippen molar-refractivity contribution in [3.8, 4) is 23.0 Å². The molecule has 0 atom stereocenters. The Kier molecular flexibility index (Phi) is 4.60. The van der Waals surface area contributed by atoms with E-state index >= 15 is 0 Å². The number of thiocyanates is 1. The molecule has 0 spiro atoms. The van der Waals surface area contributed by atoms with Crippen molar-refractivity contribution in [2.45, 2.75) is 4.90 Å². The largest absolute Gasteiger partial charge is 0.503 e. The van der Waals surface area contributed by atoms with Gasteiger partial charge in [0.05, 0.1) is 28.6 Å². The SMILES string of the molecule is COc1cc(/C=C(/C#N)c2nc3ccccc3[nH]2)cc(SC#N)c1O. The van der Waals surface area contributed by atoms with Crippen LogP contribution in [0, 0.1) is 22.0 Å². The average Bonchev–Trinajstić information content (AvgIpc) is 3.06. The molecule has 7 heteroatoms. The van der Waals surface area contributed by atoms with Gasteiger partial charge in [-0.15, -0.1) is 0 Å². The monoisotopic (exact) mass is 348 g/mol. The van der Waals surface area contributed by atoms with Gasteiger partial charge in [-0.1, -0.05) is 12.1 Å². The first kappa shape index (κ1) is 16.4. The smallest absolute Gasteiger partial charge is 0.172 e. The van der Waals surface area contributed by atoms with Crippen LogP contribution in [0.3, 0.4) is 0 Å². The van der Waals surface area contributed by atoms with Gasteiger partial charge in [0.2, 0.25) is 0 Å². The summed E-state index contributed by atoms with van der Waals surface area (Å²) in [6.45, 7) is 0. The topological polar surface area (TPSA) is 106 Å². The molecule has 1 aromatic heterocycles. The number of hydrogen-bond acceptors (Lipinski definition) is 6. The standard InChI is InChI=1S/C18H12N4O2S/c1-24-15-7-11(8-16(17(15)23)25-10-20)6-12(9-19)18-21-13-4-2-3-5-14(13)22-18/h2-8,23H,1H3,(H,21,22)/b12-6-. The summed E-state index contributed by atoms with van der Waals surface area (Å²) >= 11 is 0.820. The Morgan fingerprint density at radius 2 is 2.12 bits per heavy atom. The number of allylic oxidation sites excluding steroid dienone is 1. The highest BCUT2D eigenvalue weighted by molar-refractivity contribution is 8.03. The number of aromatic hydroxyl groups is 1. The third-order valence-corrected chi connectivity index (χ3v) is 4.14. The van der Waals surface area contributed by atoms with Gasteiger partial charge in [0.1, 0.15) is 17.3 Å². The van der Waals surface area contributed by atoms with E-state index in [9.17, 15) is 10.4 Å². The maximum absolute atomic E-state index is 10.0. The Labute approximate surface area is 148 Å². The number of nitrogens with zero attached hydrogens (tertiary/aromatic N) is 3. The number of hydrogen-bond donors (Lipinski definition) is 2. The van der Waals surface area contributed by atoms with Crippen molar-refractivity contribution < 1.29 is 9.84 Å². The van der Waals surface area contributed by atoms with Crippen molar-refractivity contribution >= 4 is 34.4 Å². The van der Waals surface area contributed by atoms with Gasteiger partial charge in [-0.25, -0.2) is 4.98 Å². The van der Waals surface area contributed by atoms with Crippen LogP contribution in [0.2, 0.25) is 0 Å². The summed E-state index contributed by atoms with van der Waals surface area (Å²) in [5, 5.41) is 30.3. The van der Waals surface area contributed by atoms with Crippen molar-refractivity contribution in [2.24, 2.45) is 0 Å². The van der Waals surface area contributed by atoms with E-state index in [0.717, 1.165) is 22.8 Å². The van der Waals surface area contributed by atoms with E-state index in [0.29, 0.717) is 21.9 Å². The molecule has 0 amide bonds. The van der Waals surface area contributed by atoms with E-state index in [1.807, 2.05) is 29.7 Å². The summed E-state index contributed by atoms with van der Waals surface area (Å²) < 4.78 is 5.13. The fourth-order valence-electron chi connectivity index (χ4n) is 2.37. The lowest BCUT2D eigenvalue weighted by Gasteiger charge is -2.08. The Balaban J connectivity index is 2.09. The lowest BCUT2D eigenvalue weighted by atomic mass is 10.1. The molecule has 1 heterocycles. The summed E-state index contributed by atoms with van der Waals surface area (Å²) in [5.74, 6) is 0.576. The number of methoxy groups -OCH3 is 1. The molecule has 0 saturated carbocycles. The number of ether oxygens (including phenoxy) is 1. The predicted molar refractivity (Wildman–Crippen MR) is 95.7 cm³/mol. The van der Waals surface area contributed by atoms with Crippen molar-refractivity contribution in [1.29, 1.82) is 10.5 Å². The lowest BCUT2D eigenvalue weighted by Crippen LogP contribution is -1.89. The maximum Gasteiger partial charge on any atom is 0.172 e. The summed E-state index contributed by atoms with van der Waals surface area (Å²) in [6.07, 6.45) is 1.63. The highest BCUT2D eigenvalue weighted by Crippen LogP contribution is 2.38. The van der Waals surface area contributed by atoms with E-state index in [4.69, 9.17) is 10.00 Å². The maximum atomic E-state index is 10.0. The van der Waals surface area contributed by atoms with Gasteiger partial charge in [-0.2, -0.15) is 10.5 Å². The Morgan fingerprint density at radius 1 is 1.32 bits per heavy atom. The van der Waals surface area contributed by atoms with Crippen LogP contribution in [0.5, 0.6) is 11.5 Å². The minimum absolute atomic E-state index is 0.103. The van der Waals surface area contributed by atoms with Crippen LogP contribution in [-0.4, -0.2) is 22.2 Å². The molecule has 0 aliphatic rings. The minimum atomic E-state index is -0.103. The molecule has 122 valence electrons. The number of phenolic OH excluding ortho intramolecular Hbond substituents is 1. The number of rotatable bonds is 4. The highest BCUT2D eigenvalue weighted by atomic mass is 32.2. The number of nitrogens with one attached hydrogen (secondary N) is 1.